The van der Waals surface area contributed by atoms with E-state index in [0.717, 1.165) is 22.8 Å². The lowest BCUT2D eigenvalue weighted by Gasteiger charge is -2.48. The Bertz CT molecular complexity index is 980. The van der Waals surface area contributed by atoms with Crippen molar-refractivity contribution >= 4 is 11.6 Å². The van der Waals surface area contributed by atoms with Crippen molar-refractivity contribution in [3.05, 3.63) is 83.8 Å². The van der Waals surface area contributed by atoms with E-state index in [1.807, 2.05) is 79.4 Å². The number of hydrogen-bond acceptors (Lipinski definition) is 4. The number of benzene rings is 2. The van der Waals surface area contributed by atoms with Crippen LogP contribution in [0.3, 0.4) is 0 Å². The van der Waals surface area contributed by atoms with Crippen molar-refractivity contribution in [2.24, 2.45) is 0 Å². The van der Waals surface area contributed by atoms with Crippen LogP contribution in [-0.4, -0.2) is 16.9 Å². The van der Waals surface area contributed by atoms with Crippen molar-refractivity contribution in [1.29, 1.82) is 0 Å². The molecule has 1 aromatic heterocycles. The molecule has 0 aliphatic carbocycles. The lowest BCUT2D eigenvalue weighted by atomic mass is 9.89. The van der Waals surface area contributed by atoms with Gasteiger partial charge in [0.2, 0.25) is 0 Å². The normalized spacial score (nSPS) is 18.5. The van der Waals surface area contributed by atoms with Crippen LogP contribution in [0.1, 0.15) is 48.9 Å². The number of carbonyl (C=O) groups excluding carboxylic acids is 1. The lowest BCUT2D eigenvalue weighted by Crippen LogP contribution is -2.56. The first-order valence-corrected chi connectivity index (χ1v) is 10.0. The lowest BCUT2D eigenvalue weighted by molar-refractivity contribution is 0.0430. The first kappa shape index (κ1) is 19.1. The molecule has 1 amide bonds. The molecule has 3 aromatic rings. The molecule has 1 unspecified atom stereocenters. The van der Waals surface area contributed by atoms with Crippen LogP contribution in [0.5, 0.6) is 5.75 Å². The molecule has 2 heterocycles. The molecule has 150 valence electrons. The molecular weight excluding hydrogens is 364 g/mol. The molecule has 5 heteroatoms. The highest BCUT2D eigenvalue weighted by Crippen LogP contribution is 2.41. The zero-order chi connectivity index (χ0) is 20.4. The molecule has 4 rings (SSSR count). The van der Waals surface area contributed by atoms with Crippen LogP contribution in [-0.2, 0) is 12.2 Å². The number of nitrogens with zero attached hydrogens (tertiary/aromatic N) is 1. The summed E-state index contributed by atoms with van der Waals surface area (Å²) in [7, 11) is 0. The number of anilines is 1. The van der Waals surface area contributed by atoms with Crippen molar-refractivity contribution in [3.63, 3.8) is 0 Å². The monoisotopic (exact) mass is 390 g/mol. The Labute approximate surface area is 171 Å². The van der Waals surface area contributed by atoms with Crippen molar-refractivity contribution in [2.75, 3.05) is 5.32 Å². The van der Waals surface area contributed by atoms with Gasteiger partial charge in [-0.2, -0.15) is 0 Å². The Morgan fingerprint density at radius 1 is 1.07 bits per heavy atom. The van der Waals surface area contributed by atoms with Gasteiger partial charge in [-0.3, -0.25) is 4.79 Å². The fourth-order valence-electron chi connectivity index (χ4n) is 3.95. The Morgan fingerprint density at radius 3 is 2.48 bits per heavy atom. The minimum atomic E-state index is -0.686. The predicted molar refractivity (Wildman–Crippen MR) is 113 cm³/mol. The van der Waals surface area contributed by atoms with Gasteiger partial charge in [0.15, 0.2) is 0 Å². The number of furan rings is 1. The number of amides is 1. The fourth-order valence-corrected chi connectivity index (χ4v) is 3.95. The van der Waals surface area contributed by atoms with E-state index >= 15 is 0 Å². The van der Waals surface area contributed by atoms with E-state index in [0.29, 0.717) is 18.5 Å². The summed E-state index contributed by atoms with van der Waals surface area (Å²) < 4.78 is 11.4. The van der Waals surface area contributed by atoms with Gasteiger partial charge >= 0.3 is 0 Å². The summed E-state index contributed by atoms with van der Waals surface area (Å²) in [6.45, 7) is 6.47. The minimum absolute atomic E-state index is 0.0138. The highest BCUT2D eigenvalue weighted by Gasteiger charge is 2.45. The van der Waals surface area contributed by atoms with Crippen LogP contribution >= 0.6 is 0 Å². The van der Waals surface area contributed by atoms with E-state index < -0.39 is 5.66 Å². The SMILES string of the molecule is CCC1(c2ccc(OC(C)C)cc2)Nc2ccccc2C(=O)N1Cc1ccco1. The van der Waals surface area contributed by atoms with Crippen molar-refractivity contribution in [3.8, 4) is 5.75 Å². The van der Waals surface area contributed by atoms with E-state index in [4.69, 9.17) is 9.15 Å². The summed E-state index contributed by atoms with van der Waals surface area (Å²) in [4.78, 5) is 15.4. The maximum atomic E-state index is 13.5. The summed E-state index contributed by atoms with van der Waals surface area (Å²) in [6, 6.07) is 19.4. The Balaban J connectivity index is 1.80. The third kappa shape index (κ3) is 3.48. The van der Waals surface area contributed by atoms with Crippen LogP contribution in [0.25, 0.3) is 0 Å². The predicted octanol–water partition coefficient (Wildman–Crippen LogP) is 5.40. The number of para-hydroxylation sites is 1. The molecule has 0 saturated carbocycles. The van der Waals surface area contributed by atoms with Crippen LogP contribution in [0.4, 0.5) is 5.69 Å². The van der Waals surface area contributed by atoms with Crippen LogP contribution < -0.4 is 10.1 Å². The van der Waals surface area contributed by atoms with Crippen molar-refractivity contribution in [2.45, 2.75) is 45.5 Å². The van der Waals surface area contributed by atoms with Gasteiger partial charge in [0.05, 0.1) is 24.5 Å². The molecular formula is C24H26N2O3. The van der Waals surface area contributed by atoms with Gasteiger partial charge in [0, 0.05) is 5.69 Å². The number of ether oxygens (including phenoxy) is 1. The molecule has 1 N–H and O–H groups in total. The number of carbonyl (C=O) groups is 1. The van der Waals surface area contributed by atoms with Gasteiger partial charge in [-0.15, -0.1) is 0 Å². The molecule has 0 radical (unpaired) electrons. The smallest absolute Gasteiger partial charge is 0.258 e. The molecule has 5 nitrogen and oxygen atoms in total. The van der Waals surface area contributed by atoms with Crippen LogP contribution in [0.15, 0.2) is 71.3 Å². The molecule has 29 heavy (non-hydrogen) atoms. The van der Waals surface area contributed by atoms with Gasteiger partial charge in [0.25, 0.3) is 5.91 Å². The summed E-state index contributed by atoms with van der Waals surface area (Å²) in [5, 5.41) is 3.65. The molecule has 0 spiro atoms. The Kier molecular flexibility index (Phi) is 5.05. The fraction of sp³-hybridized carbons (Fsp3) is 0.292. The Hall–Kier alpha value is -3.21. The summed E-state index contributed by atoms with van der Waals surface area (Å²) >= 11 is 0. The third-order valence-corrected chi connectivity index (χ3v) is 5.31. The van der Waals surface area contributed by atoms with E-state index in [9.17, 15) is 4.79 Å². The van der Waals surface area contributed by atoms with Gasteiger partial charge in [-0.25, -0.2) is 0 Å². The summed E-state index contributed by atoms with van der Waals surface area (Å²) in [5.74, 6) is 1.55. The molecule has 1 atom stereocenters. The second-order valence-corrected chi connectivity index (χ2v) is 7.55. The maximum Gasteiger partial charge on any atom is 0.258 e. The summed E-state index contributed by atoms with van der Waals surface area (Å²) in [6.07, 6.45) is 2.44. The first-order chi connectivity index (χ1) is 14.0. The van der Waals surface area contributed by atoms with Crippen molar-refractivity contribution < 1.29 is 13.9 Å². The van der Waals surface area contributed by atoms with Gasteiger partial charge in [-0.05, 0) is 62.2 Å². The van der Waals surface area contributed by atoms with Gasteiger partial charge in [0.1, 0.15) is 17.2 Å². The van der Waals surface area contributed by atoms with E-state index in [2.05, 4.69) is 12.2 Å². The standard InChI is InChI=1S/C24H26N2O3/c1-4-24(18-11-13-19(14-12-18)29-17(2)3)25-22-10-6-5-9-21(22)23(27)26(24)16-20-8-7-15-28-20/h5-15,17,25H,4,16H2,1-3H3. The maximum absolute atomic E-state index is 13.5. The van der Waals surface area contributed by atoms with E-state index in [1.54, 1.807) is 6.26 Å². The van der Waals surface area contributed by atoms with Crippen molar-refractivity contribution in [1.82, 2.24) is 4.90 Å². The zero-order valence-corrected chi connectivity index (χ0v) is 17.0. The quantitative estimate of drug-likeness (QED) is 0.612. The first-order valence-electron chi connectivity index (χ1n) is 10.0. The highest BCUT2D eigenvalue weighted by molar-refractivity contribution is 6.02. The van der Waals surface area contributed by atoms with Crippen LogP contribution in [0.2, 0.25) is 0 Å². The second kappa shape index (κ2) is 7.66. The summed E-state index contributed by atoms with van der Waals surface area (Å²) in [5.41, 5.74) is 1.83. The average Bonchev–Trinajstić information content (AvgIpc) is 3.23. The second-order valence-electron chi connectivity index (χ2n) is 7.55. The molecule has 2 aromatic carbocycles. The largest absolute Gasteiger partial charge is 0.491 e. The van der Waals surface area contributed by atoms with E-state index in [1.165, 1.54) is 0 Å². The molecule has 0 fully saturated rings. The molecule has 1 aliphatic heterocycles. The molecule has 1 aliphatic rings. The highest BCUT2D eigenvalue weighted by atomic mass is 16.5. The number of hydrogen-bond donors (Lipinski definition) is 1. The van der Waals surface area contributed by atoms with Gasteiger partial charge < -0.3 is 19.4 Å². The van der Waals surface area contributed by atoms with E-state index in [-0.39, 0.29) is 12.0 Å². The number of nitrogens with one attached hydrogen (secondary N) is 1. The average molecular weight is 390 g/mol. The Morgan fingerprint density at radius 2 is 1.83 bits per heavy atom. The topological polar surface area (TPSA) is 54.7 Å². The number of rotatable bonds is 6. The molecule has 0 saturated heterocycles. The minimum Gasteiger partial charge on any atom is -0.491 e. The zero-order valence-electron chi connectivity index (χ0n) is 17.0. The number of fused-ring (bicyclic) bond motifs is 1. The third-order valence-electron chi connectivity index (χ3n) is 5.31. The van der Waals surface area contributed by atoms with Crippen LogP contribution in [0, 0.1) is 0 Å². The van der Waals surface area contributed by atoms with Gasteiger partial charge in [-0.1, -0.05) is 31.2 Å². The molecule has 0 bridgehead atoms.